The van der Waals surface area contributed by atoms with E-state index < -0.39 is 30.0 Å². The van der Waals surface area contributed by atoms with Crippen LogP contribution in [0.25, 0.3) is 11.0 Å². The van der Waals surface area contributed by atoms with Gasteiger partial charge in [0.25, 0.3) is 0 Å². The number of furan rings is 1. The Hall–Kier alpha value is -1.51. The molecule has 8 heteroatoms. The monoisotopic (exact) mass is 311 g/mol. The Morgan fingerprint density at radius 2 is 2.24 bits per heavy atom. The van der Waals surface area contributed by atoms with Crippen molar-refractivity contribution in [3.05, 3.63) is 35.8 Å². The summed E-state index contributed by atoms with van der Waals surface area (Å²) in [6.07, 6.45) is 1.44. The maximum Gasteiger partial charge on any atom is 0.475 e. The minimum atomic E-state index is -1.75. The zero-order valence-corrected chi connectivity index (χ0v) is 12.2. The smallest absolute Gasteiger partial charge is 0.461 e. The van der Waals surface area contributed by atoms with E-state index in [0.29, 0.717) is 10.9 Å². The molecule has 0 bridgehead atoms. The van der Waals surface area contributed by atoms with Crippen LogP contribution in [0.15, 0.2) is 28.9 Å². The average Bonchev–Trinajstić information content (AvgIpc) is 2.82. The first-order valence-corrected chi connectivity index (χ1v) is 6.91. The Balaban J connectivity index is 2.23. The zero-order valence-electron chi connectivity index (χ0n) is 11.3. The predicted octanol–water partition coefficient (Wildman–Crippen LogP) is 0.929. The van der Waals surface area contributed by atoms with Crippen molar-refractivity contribution in [2.75, 3.05) is 0 Å². The highest BCUT2D eigenvalue weighted by atomic mass is 32.1. The Bertz CT molecular complexity index is 646. The van der Waals surface area contributed by atoms with Gasteiger partial charge in [-0.3, -0.25) is 4.79 Å². The van der Waals surface area contributed by atoms with Crippen LogP contribution in [0.4, 0.5) is 4.39 Å². The van der Waals surface area contributed by atoms with Crippen molar-refractivity contribution in [1.29, 1.82) is 0 Å². The maximum absolute atomic E-state index is 13.5. The molecule has 1 heterocycles. The quantitative estimate of drug-likeness (QED) is 0.489. The van der Waals surface area contributed by atoms with Crippen LogP contribution in [-0.4, -0.2) is 34.3 Å². The second-order valence-electron chi connectivity index (χ2n) is 4.79. The van der Waals surface area contributed by atoms with Gasteiger partial charge in [0.2, 0.25) is 5.91 Å². The van der Waals surface area contributed by atoms with E-state index in [1.807, 2.05) is 0 Å². The van der Waals surface area contributed by atoms with Gasteiger partial charge in [0.1, 0.15) is 0 Å². The van der Waals surface area contributed by atoms with Crippen molar-refractivity contribution in [3.8, 4) is 0 Å². The summed E-state index contributed by atoms with van der Waals surface area (Å²) < 4.78 is 18.7. The number of halogens is 1. The van der Waals surface area contributed by atoms with Gasteiger partial charge in [-0.25, -0.2) is 4.39 Å². The van der Waals surface area contributed by atoms with E-state index in [1.54, 1.807) is 13.0 Å². The molecule has 0 saturated heterocycles. The number of amides is 1. The van der Waals surface area contributed by atoms with Gasteiger partial charge >= 0.3 is 7.12 Å². The van der Waals surface area contributed by atoms with Crippen molar-refractivity contribution in [2.24, 2.45) is 0 Å². The number of para-hydroxylation sites is 1. The highest BCUT2D eigenvalue weighted by molar-refractivity contribution is 7.81. The summed E-state index contributed by atoms with van der Waals surface area (Å²) in [6.45, 7) is 1.57. The summed E-state index contributed by atoms with van der Waals surface area (Å²) in [7, 11) is -1.75. The molecule has 0 aliphatic carbocycles. The molecule has 0 radical (unpaired) electrons. The second-order valence-corrected chi connectivity index (χ2v) is 5.56. The van der Waals surface area contributed by atoms with Gasteiger partial charge in [0.15, 0.2) is 11.4 Å². The fourth-order valence-electron chi connectivity index (χ4n) is 2.00. The number of carbonyl (C=O) groups is 1. The molecule has 5 nitrogen and oxygen atoms in total. The summed E-state index contributed by atoms with van der Waals surface area (Å²) in [4.78, 5) is 11.6. The minimum absolute atomic E-state index is 0.0976. The number of nitrogens with one attached hydrogen (secondary N) is 1. The Morgan fingerprint density at radius 1 is 1.52 bits per heavy atom. The SMILES string of the molecule is CC(S)C(=O)N[C@H](Cc1coc2c(F)cccc12)B(O)O. The molecule has 2 aromatic rings. The lowest BCUT2D eigenvalue weighted by Gasteiger charge is -2.18. The molecule has 2 atom stereocenters. The van der Waals surface area contributed by atoms with Gasteiger partial charge in [0.05, 0.1) is 17.5 Å². The molecule has 112 valence electrons. The fraction of sp³-hybridized carbons (Fsp3) is 0.308. The minimum Gasteiger partial charge on any atom is -0.461 e. The van der Waals surface area contributed by atoms with Crippen LogP contribution in [0.3, 0.4) is 0 Å². The lowest BCUT2D eigenvalue weighted by molar-refractivity contribution is -0.120. The standard InChI is InChI=1S/C13H15BFNO4S/c1-7(21)13(17)16-11(14(18)19)5-8-6-20-12-9(8)3-2-4-10(12)15/h2-4,6-7,11,18-19,21H,5H2,1H3,(H,16,17)/t7?,11-/m1/s1. The van der Waals surface area contributed by atoms with Gasteiger partial charge in [-0.05, 0) is 25.0 Å². The lowest BCUT2D eigenvalue weighted by atomic mass is 9.76. The average molecular weight is 311 g/mol. The number of fused-ring (bicyclic) bond motifs is 1. The number of hydrogen-bond acceptors (Lipinski definition) is 5. The first kappa shape index (κ1) is 15.9. The lowest BCUT2D eigenvalue weighted by Crippen LogP contribution is -2.49. The van der Waals surface area contributed by atoms with Crippen LogP contribution in [0.5, 0.6) is 0 Å². The third-order valence-electron chi connectivity index (χ3n) is 3.14. The molecular formula is C13H15BFNO4S. The van der Waals surface area contributed by atoms with Gasteiger partial charge in [-0.2, -0.15) is 12.6 Å². The number of benzene rings is 1. The van der Waals surface area contributed by atoms with Crippen molar-refractivity contribution in [1.82, 2.24) is 5.32 Å². The van der Waals surface area contributed by atoms with Crippen molar-refractivity contribution in [2.45, 2.75) is 24.5 Å². The summed E-state index contributed by atoms with van der Waals surface area (Å²) >= 11 is 3.98. The molecule has 21 heavy (non-hydrogen) atoms. The first-order valence-electron chi connectivity index (χ1n) is 6.39. The molecule has 0 saturated carbocycles. The predicted molar refractivity (Wildman–Crippen MR) is 80.4 cm³/mol. The Morgan fingerprint density at radius 3 is 2.86 bits per heavy atom. The summed E-state index contributed by atoms with van der Waals surface area (Å²) in [5.74, 6) is -1.85. The van der Waals surface area contributed by atoms with Gasteiger partial charge in [0, 0.05) is 5.39 Å². The Labute approximate surface area is 126 Å². The van der Waals surface area contributed by atoms with Crippen LogP contribution in [-0.2, 0) is 11.2 Å². The highest BCUT2D eigenvalue weighted by Gasteiger charge is 2.28. The van der Waals surface area contributed by atoms with Gasteiger partial charge in [-0.1, -0.05) is 12.1 Å². The maximum atomic E-state index is 13.5. The van der Waals surface area contributed by atoms with E-state index in [2.05, 4.69) is 17.9 Å². The second kappa shape index (κ2) is 6.51. The van der Waals surface area contributed by atoms with Crippen LogP contribution in [0.2, 0.25) is 0 Å². The van der Waals surface area contributed by atoms with E-state index in [4.69, 9.17) is 4.42 Å². The highest BCUT2D eigenvalue weighted by Crippen LogP contribution is 2.24. The van der Waals surface area contributed by atoms with Crippen LogP contribution in [0, 0.1) is 5.82 Å². The first-order chi connectivity index (χ1) is 9.90. The van der Waals surface area contributed by atoms with Gasteiger partial charge < -0.3 is 19.8 Å². The van der Waals surface area contributed by atoms with Crippen molar-refractivity contribution >= 4 is 36.6 Å². The van der Waals surface area contributed by atoms with Crippen LogP contribution >= 0.6 is 12.6 Å². The number of hydrogen-bond donors (Lipinski definition) is 4. The summed E-state index contributed by atoms with van der Waals surface area (Å²) in [5, 5.41) is 21.2. The molecule has 2 rings (SSSR count). The van der Waals surface area contributed by atoms with Crippen molar-refractivity contribution in [3.63, 3.8) is 0 Å². The topological polar surface area (TPSA) is 82.7 Å². The summed E-state index contributed by atoms with van der Waals surface area (Å²) in [5.41, 5.74) is 0.683. The molecule has 1 aromatic carbocycles. The zero-order chi connectivity index (χ0) is 15.6. The molecule has 1 aromatic heterocycles. The molecule has 1 unspecified atom stereocenters. The molecule has 3 N–H and O–H groups in total. The number of carbonyl (C=O) groups excluding carboxylic acids is 1. The number of rotatable bonds is 5. The van der Waals surface area contributed by atoms with Crippen LogP contribution < -0.4 is 5.32 Å². The molecular weight excluding hydrogens is 296 g/mol. The summed E-state index contributed by atoms with van der Waals surface area (Å²) in [6, 6.07) is 4.48. The van der Waals surface area contributed by atoms with E-state index in [1.165, 1.54) is 18.4 Å². The molecule has 0 fully saturated rings. The van der Waals surface area contributed by atoms with Gasteiger partial charge in [-0.15, -0.1) is 0 Å². The number of thiol groups is 1. The Kier molecular flexibility index (Phi) is 4.92. The van der Waals surface area contributed by atoms with Crippen LogP contribution in [0.1, 0.15) is 12.5 Å². The van der Waals surface area contributed by atoms with E-state index in [9.17, 15) is 19.2 Å². The molecule has 1 amide bonds. The molecule has 0 aliphatic rings. The van der Waals surface area contributed by atoms with E-state index in [0.717, 1.165) is 0 Å². The van der Waals surface area contributed by atoms with E-state index >= 15 is 0 Å². The molecule has 0 aliphatic heterocycles. The largest absolute Gasteiger partial charge is 0.475 e. The fourth-order valence-corrected chi connectivity index (χ4v) is 2.08. The third kappa shape index (κ3) is 3.58. The normalized spacial score (nSPS) is 14.0. The van der Waals surface area contributed by atoms with Crippen molar-refractivity contribution < 1.29 is 23.7 Å². The van der Waals surface area contributed by atoms with E-state index in [-0.39, 0.29) is 12.0 Å². The molecule has 0 spiro atoms. The third-order valence-corrected chi connectivity index (χ3v) is 3.37.